The molecule has 8 heteroatoms. The van der Waals surface area contributed by atoms with Crippen molar-refractivity contribution in [3.63, 3.8) is 0 Å². The molecule has 44 heavy (non-hydrogen) atoms. The summed E-state index contributed by atoms with van der Waals surface area (Å²) in [5.74, 6) is -1.32. The molecule has 0 aromatic rings. The summed E-state index contributed by atoms with van der Waals surface area (Å²) in [5.41, 5.74) is -1.81. The van der Waals surface area contributed by atoms with Gasteiger partial charge in [0.1, 0.15) is 12.2 Å². The number of fused-ring (bicyclic) bond motifs is 3. The van der Waals surface area contributed by atoms with Crippen molar-refractivity contribution in [1.82, 2.24) is 4.90 Å². The maximum absolute atomic E-state index is 14.8. The van der Waals surface area contributed by atoms with Crippen LogP contribution < -0.4 is 0 Å². The number of carboxylic acid groups (broad SMARTS) is 1. The lowest BCUT2D eigenvalue weighted by Crippen LogP contribution is -2.71. The number of carbonyl (C=O) groups is 3. The minimum atomic E-state index is -1.03. The fourth-order valence-corrected chi connectivity index (χ4v) is 11.3. The fraction of sp³-hybridized carbons (Fsp3) is 0.861. The highest BCUT2D eigenvalue weighted by molar-refractivity contribution is 6.00. The van der Waals surface area contributed by atoms with E-state index in [1.807, 2.05) is 27.1 Å². The minimum absolute atomic E-state index is 0.0531. The number of nitrogens with zero attached hydrogens (tertiary/aromatic N) is 1. The molecule has 0 amide bonds. The first-order chi connectivity index (χ1) is 20.4. The SMILES string of the molecule is CC(=O)O[C@@H]1C[C@]23COC[C@](C)(C2CCC2C3=CC(=O)[C@@]3(C)[C@H](C(=O)O)[C@@](C)([C@H](C)C(C)C)CC[C@]23C)[C@H]1OCCN(C)C. The molecule has 1 heterocycles. The van der Waals surface area contributed by atoms with Crippen molar-refractivity contribution in [2.75, 3.05) is 40.5 Å². The zero-order chi connectivity index (χ0) is 32.6. The Labute approximate surface area is 264 Å². The smallest absolute Gasteiger partial charge is 0.308 e. The van der Waals surface area contributed by atoms with Crippen LogP contribution in [0, 0.1) is 56.7 Å². The second-order valence-electron chi connectivity index (χ2n) is 16.7. The highest BCUT2D eigenvalue weighted by Gasteiger charge is 2.74. The van der Waals surface area contributed by atoms with Gasteiger partial charge in [-0.05, 0) is 86.8 Å². The van der Waals surface area contributed by atoms with E-state index < -0.39 is 45.1 Å². The van der Waals surface area contributed by atoms with Crippen molar-refractivity contribution in [1.29, 1.82) is 0 Å². The summed E-state index contributed by atoms with van der Waals surface area (Å²) in [4.78, 5) is 42.6. The number of rotatable bonds is 8. The molecule has 4 fully saturated rings. The first kappa shape index (κ1) is 33.6. The number of ether oxygens (including phenoxy) is 3. The van der Waals surface area contributed by atoms with Crippen LogP contribution in [0.4, 0.5) is 0 Å². The standard InChI is InChI=1S/C36H57NO7/c1-21(2)22(3)32(5)13-14-34(7)24-11-12-27-33(6)19-42-20-36(27,25(24)17-28(39)35(34,8)29(32)31(40)41)18-26(44-23(4)38)30(33)43-16-15-37(9)10/h17,21-22,24,26-27,29-30H,11-16,18-20H2,1-10H3,(H,40,41)/t22-,24?,26-,27?,29-,30+,32-,33-,34-,35+,36-/m1/s1. The monoisotopic (exact) mass is 615 g/mol. The molecule has 1 saturated heterocycles. The molecule has 1 aliphatic heterocycles. The van der Waals surface area contributed by atoms with Gasteiger partial charge in [0, 0.05) is 29.7 Å². The number of hydrogen-bond donors (Lipinski definition) is 1. The first-order valence-electron chi connectivity index (χ1n) is 16.9. The highest BCUT2D eigenvalue weighted by atomic mass is 16.6. The van der Waals surface area contributed by atoms with Crippen LogP contribution >= 0.6 is 0 Å². The lowest BCUT2D eigenvalue weighted by molar-refractivity contribution is -0.265. The van der Waals surface area contributed by atoms with Gasteiger partial charge in [-0.25, -0.2) is 0 Å². The molecule has 248 valence electrons. The lowest BCUT2D eigenvalue weighted by Gasteiger charge is -2.70. The van der Waals surface area contributed by atoms with Crippen LogP contribution in [0.25, 0.3) is 0 Å². The number of hydrogen-bond acceptors (Lipinski definition) is 7. The number of carboxylic acids is 1. The van der Waals surface area contributed by atoms with Crippen molar-refractivity contribution in [2.45, 2.75) is 99.7 Å². The van der Waals surface area contributed by atoms with E-state index in [0.717, 1.165) is 37.8 Å². The highest BCUT2D eigenvalue weighted by Crippen LogP contribution is 2.74. The Hall–Kier alpha value is -1.77. The molecule has 0 spiro atoms. The van der Waals surface area contributed by atoms with E-state index in [1.54, 1.807) is 0 Å². The van der Waals surface area contributed by atoms with Crippen molar-refractivity contribution < 1.29 is 33.7 Å². The number of esters is 1. The van der Waals surface area contributed by atoms with E-state index in [-0.39, 0.29) is 35.6 Å². The number of carbonyl (C=O) groups excluding carboxylic acids is 2. The molecule has 2 bridgehead atoms. The Kier molecular flexibility index (Phi) is 8.54. The van der Waals surface area contributed by atoms with E-state index in [9.17, 15) is 19.5 Å². The van der Waals surface area contributed by atoms with Crippen molar-refractivity contribution in [3.05, 3.63) is 11.6 Å². The van der Waals surface area contributed by atoms with Gasteiger partial charge in [-0.15, -0.1) is 0 Å². The van der Waals surface area contributed by atoms with E-state index in [0.29, 0.717) is 32.2 Å². The molecule has 5 rings (SSSR count). The van der Waals surface area contributed by atoms with Crippen LogP contribution in [0.5, 0.6) is 0 Å². The number of likely N-dealkylation sites (N-methyl/N-ethyl adjacent to an activating group) is 1. The van der Waals surface area contributed by atoms with Gasteiger partial charge in [0.25, 0.3) is 0 Å². The van der Waals surface area contributed by atoms with Crippen LogP contribution in [-0.4, -0.2) is 80.4 Å². The van der Waals surface area contributed by atoms with Gasteiger partial charge in [0.2, 0.25) is 0 Å². The third-order valence-corrected chi connectivity index (χ3v) is 14.1. The zero-order valence-electron chi connectivity index (χ0n) is 28.8. The molecular formula is C36H57NO7. The molecular weight excluding hydrogens is 558 g/mol. The van der Waals surface area contributed by atoms with E-state index in [4.69, 9.17) is 14.2 Å². The lowest BCUT2D eigenvalue weighted by atomic mass is 9.34. The summed E-state index contributed by atoms with van der Waals surface area (Å²) < 4.78 is 19.1. The molecule has 3 saturated carbocycles. The van der Waals surface area contributed by atoms with E-state index in [2.05, 4.69) is 46.4 Å². The van der Waals surface area contributed by atoms with Gasteiger partial charge < -0.3 is 24.2 Å². The number of aliphatic carboxylic acids is 1. The minimum Gasteiger partial charge on any atom is -0.481 e. The molecule has 1 N–H and O–H groups in total. The normalized spacial score (nSPS) is 45.6. The number of allylic oxidation sites excluding steroid dienone is 1. The topological polar surface area (TPSA) is 102 Å². The average Bonchev–Trinajstić information content (AvgIpc) is 2.91. The molecule has 5 aliphatic rings. The average molecular weight is 616 g/mol. The van der Waals surface area contributed by atoms with Gasteiger partial charge >= 0.3 is 11.9 Å². The Morgan fingerprint density at radius 3 is 2.36 bits per heavy atom. The Morgan fingerprint density at radius 1 is 1.09 bits per heavy atom. The Bertz CT molecular complexity index is 1210. The molecule has 0 radical (unpaired) electrons. The summed E-state index contributed by atoms with van der Waals surface area (Å²) in [7, 11) is 4.03. The van der Waals surface area contributed by atoms with Gasteiger partial charge in [0.05, 0.1) is 25.7 Å². The maximum Gasteiger partial charge on any atom is 0.308 e. The second kappa shape index (κ2) is 11.2. The number of ketones is 1. The summed E-state index contributed by atoms with van der Waals surface area (Å²) in [6.45, 7) is 18.7. The van der Waals surface area contributed by atoms with E-state index >= 15 is 0 Å². The first-order valence-corrected chi connectivity index (χ1v) is 16.9. The summed E-state index contributed by atoms with van der Waals surface area (Å²) >= 11 is 0. The van der Waals surface area contributed by atoms with E-state index in [1.165, 1.54) is 6.92 Å². The summed E-state index contributed by atoms with van der Waals surface area (Å²) in [6.07, 6.45) is 5.06. The van der Waals surface area contributed by atoms with Crippen LogP contribution in [0.3, 0.4) is 0 Å². The Morgan fingerprint density at radius 2 is 1.77 bits per heavy atom. The Balaban J connectivity index is 1.62. The molecule has 0 aromatic carbocycles. The predicted octanol–water partition coefficient (Wildman–Crippen LogP) is 5.63. The largest absolute Gasteiger partial charge is 0.481 e. The predicted molar refractivity (Wildman–Crippen MR) is 168 cm³/mol. The molecule has 8 nitrogen and oxygen atoms in total. The summed E-state index contributed by atoms with van der Waals surface area (Å²) in [6, 6.07) is 0. The van der Waals surface area contributed by atoms with Crippen LogP contribution in [0.2, 0.25) is 0 Å². The third-order valence-electron chi connectivity index (χ3n) is 14.1. The maximum atomic E-state index is 14.8. The zero-order valence-corrected chi connectivity index (χ0v) is 28.8. The van der Waals surface area contributed by atoms with Crippen LogP contribution in [-0.2, 0) is 28.6 Å². The second-order valence-corrected chi connectivity index (χ2v) is 16.7. The molecule has 0 aromatic heterocycles. The molecule has 2 unspecified atom stereocenters. The van der Waals surface area contributed by atoms with Gasteiger partial charge in [0.15, 0.2) is 5.78 Å². The quantitative estimate of drug-likeness (QED) is 0.351. The van der Waals surface area contributed by atoms with Crippen LogP contribution in [0.15, 0.2) is 11.6 Å². The fourth-order valence-electron chi connectivity index (χ4n) is 11.3. The van der Waals surface area contributed by atoms with Crippen molar-refractivity contribution >= 4 is 17.7 Å². The third kappa shape index (κ3) is 4.58. The molecule has 11 atom stereocenters. The van der Waals surface area contributed by atoms with Crippen LogP contribution in [0.1, 0.15) is 87.5 Å². The van der Waals surface area contributed by atoms with Gasteiger partial charge in [-0.2, -0.15) is 0 Å². The molecule has 4 aliphatic carbocycles. The van der Waals surface area contributed by atoms with Crippen molar-refractivity contribution in [2.24, 2.45) is 56.7 Å². The summed E-state index contributed by atoms with van der Waals surface area (Å²) in [5, 5.41) is 10.9. The van der Waals surface area contributed by atoms with Gasteiger partial charge in [-0.3, -0.25) is 14.4 Å². The van der Waals surface area contributed by atoms with Crippen molar-refractivity contribution in [3.8, 4) is 0 Å². The van der Waals surface area contributed by atoms with Gasteiger partial charge in [-0.1, -0.05) is 54.0 Å².